The van der Waals surface area contributed by atoms with Gasteiger partial charge in [-0.15, -0.1) is 0 Å². The third-order valence-electron chi connectivity index (χ3n) is 5.24. The van der Waals surface area contributed by atoms with Crippen LogP contribution < -0.4 is 10.6 Å². The highest BCUT2D eigenvalue weighted by Gasteiger charge is 2.63. The standard InChI is InChI=1S/C22H22N2O8/c1-5-10-31-20(27)16-12(2)32-21(28)22(16)13-8-6-7-9-14(13)24(11-15(25)29-3)18(23)17(22)19(26)30-4/h5-9H,1,10-11,23H2,2-4H3. The number of fused-ring (bicyclic) bond motifs is 2. The Morgan fingerprint density at radius 3 is 2.47 bits per heavy atom. The summed E-state index contributed by atoms with van der Waals surface area (Å²) in [5.41, 5.74) is 4.22. The fourth-order valence-corrected chi connectivity index (χ4v) is 3.95. The molecule has 2 heterocycles. The Balaban J connectivity index is 2.40. The van der Waals surface area contributed by atoms with Gasteiger partial charge in [-0.05, 0) is 13.0 Å². The van der Waals surface area contributed by atoms with Crippen LogP contribution in [0.1, 0.15) is 12.5 Å². The summed E-state index contributed by atoms with van der Waals surface area (Å²) in [6, 6.07) is 6.39. The van der Waals surface area contributed by atoms with E-state index in [0.29, 0.717) is 5.69 Å². The Morgan fingerprint density at radius 1 is 1.16 bits per heavy atom. The summed E-state index contributed by atoms with van der Waals surface area (Å²) in [6.45, 7) is 4.42. The van der Waals surface area contributed by atoms with Crippen LogP contribution in [0.4, 0.5) is 5.69 Å². The number of hydrogen-bond acceptors (Lipinski definition) is 10. The Kier molecular flexibility index (Phi) is 6.06. The van der Waals surface area contributed by atoms with E-state index in [4.69, 9.17) is 24.7 Å². The zero-order valence-corrected chi connectivity index (χ0v) is 17.8. The van der Waals surface area contributed by atoms with Crippen LogP contribution in [-0.2, 0) is 43.5 Å². The zero-order chi connectivity index (χ0) is 23.6. The molecular formula is C22H22N2O8. The smallest absolute Gasteiger partial charge is 0.339 e. The van der Waals surface area contributed by atoms with Crippen LogP contribution in [0.5, 0.6) is 0 Å². The van der Waals surface area contributed by atoms with Crippen LogP contribution in [0.15, 0.2) is 59.6 Å². The Bertz CT molecular complexity index is 1090. The summed E-state index contributed by atoms with van der Waals surface area (Å²) in [7, 11) is 2.31. The van der Waals surface area contributed by atoms with Crippen molar-refractivity contribution in [3.63, 3.8) is 0 Å². The number of methoxy groups -OCH3 is 2. The lowest BCUT2D eigenvalue weighted by molar-refractivity contribution is -0.146. The van der Waals surface area contributed by atoms with Gasteiger partial charge in [0.15, 0.2) is 5.41 Å². The minimum absolute atomic E-state index is 0.0468. The predicted molar refractivity (Wildman–Crippen MR) is 111 cm³/mol. The molecule has 0 amide bonds. The molecule has 0 fully saturated rings. The lowest BCUT2D eigenvalue weighted by Gasteiger charge is -2.40. The molecule has 0 radical (unpaired) electrons. The van der Waals surface area contributed by atoms with Crippen molar-refractivity contribution in [3.05, 3.63) is 65.2 Å². The summed E-state index contributed by atoms with van der Waals surface area (Å²) in [5, 5.41) is 0. The second-order valence-electron chi connectivity index (χ2n) is 6.89. The second kappa shape index (κ2) is 8.58. The van der Waals surface area contributed by atoms with Gasteiger partial charge >= 0.3 is 23.9 Å². The summed E-state index contributed by atoms with van der Waals surface area (Å²) < 4.78 is 20.2. The van der Waals surface area contributed by atoms with Crippen LogP contribution in [-0.4, -0.2) is 51.2 Å². The van der Waals surface area contributed by atoms with Gasteiger partial charge in [0.25, 0.3) is 0 Å². The van der Waals surface area contributed by atoms with Gasteiger partial charge in [0.05, 0.1) is 14.2 Å². The second-order valence-corrected chi connectivity index (χ2v) is 6.89. The molecule has 0 saturated carbocycles. The molecule has 10 nitrogen and oxygen atoms in total. The molecule has 0 saturated heterocycles. The van der Waals surface area contributed by atoms with Crippen molar-refractivity contribution in [1.29, 1.82) is 0 Å². The summed E-state index contributed by atoms with van der Waals surface area (Å²) in [6.07, 6.45) is 1.36. The van der Waals surface area contributed by atoms with E-state index in [1.165, 1.54) is 31.1 Å². The molecule has 10 heteroatoms. The Hall–Kier alpha value is -4.08. The minimum Gasteiger partial charge on any atom is -0.468 e. The van der Waals surface area contributed by atoms with E-state index in [-0.39, 0.29) is 41.4 Å². The van der Waals surface area contributed by atoms with Crippen LogP contribution >= 0.6 is 0 Å². The average Bonchev–Trinajstić information content (AvgIpc) is 3.04. The number of nitrogens with zero attached hydrogens (tertiary/aromatic N) is 1. The van der Waals surface area contributed by atoms with Gasteiger partial charge in [0.2, 0.25) is 0 Å². The Labute approximate surface area is 183 Å². The molecule has 1 aromatic carbocycles. The van der Waals surface area contributed by atoms with Gasteiger partial charge in [-0.25, -0.2) is 14.4 Å². The number of rotatable bonds is 6. The topological polar surface area (TPSA) is 134 Å². The highest BCUT2D eigenvalue weighted by atomic mass is 16.6. The van der Waals surface area contributed by atoms with E-state index < -0.39 is 29.3 Å². The number of carbonyl (C=O) groups is 4. The van der Waals surface area contributed by atoms with Crippen molar-refractivity contribution in [2.75, 3.05) is 32.3 Å². The first-order chi connectivity index (χ1) is 15.2. The van der Waals surface area contributed by atoms with E-state index in [0.717, 1.165) is 7.11 Å². The maximum atomic E-state index is 13.4. The molecule has 1 spiro atoms. The highest BCUT2D eigenvalue weighted by molar-refractivity contribution is 6.16. The van der Waals surface area contributed by atoms with Crippen LogP contribution in [0, 0.1) is 0 Å². The lowest BCUT2D eigenvalue weighted by atomic mass is 9.66. The van der Waals surface area contributed by atoms with Crippen molar-refractivity contribution < 1.29 is 38.1 Å². The maximum absolute atomic E-state index is 13.4. The largest absolute Gasteiger partial charge is 0.468 e. The van der Waals surface area contributed by atoms with Crippen molar-refractivity contribution in [2.24, 2.45) is 5.73 Å². The lowest BCUT2D eigenvalue weighted by Crippen LogP contribution is -2.51. The fourth-order valence-electron chi connectivity index (χ4n) is 3.95. The number of benzene rings is 1. The molecule has 2 aliphatic rings. The molecule has 1 unspecified atom stereocenters. The molecule has 2 N–H and O–H groups in total. The molecule has 1 atom stereocenters. The molecular weight excluding hydrogens is 420 g/mol. The van der Waals surface area contributed by atoms with E-state index in [9.17, 15) is 19.2 Å². The van der Waals surface area contributed by atoms with Gasteiger partial charge in [-0.2, -0.15) is 0 Å². The van der Waals surface area contributed by atoms with Crippen molar-refractivity contribution in [1.82, 2.24) is 0 Å². The number of hydrogen-bond donors (Lipinski definition) is 1. The van der Waals surface area contributed by atoms with Crippen molar-refractivity contribution in [2.45, 2.75) is 12.3 Å². The first-order valence-corrected chi connectivity index (χ1v) is 9.49. The average molecular weight is 442 g/mol. The fraction of sp³-hybridized carbons (Fsp3) is 0.273. The summed E-state index contributed by atoms with van der Waals surface area (Å²) in [4.78, 5) is 52.8. The predicted octanol–water partition coefficient (Wildman–Crippen LogP) is 0.821. The number of para-hydroxylation sites is 1. The summed E-state index contributed by atoms with van der Waals surface area (Å²) >= 11 is 0. The third kappa shape index (κ3) is 3.20. The highest BCUT2D eigenvalue weighted by Crippen LogP contribution is 2.54. The summed E-state index contributed by atoms with van der Waals surface area (Å²) in [5.74, 6) is -3.74. The van der Waals surface area contributed by atoms with E-state index in [1.54, 1.807) is 18.2 Å². The molecule has 0 aliphatic carbocycles. The molecule has 168 valence electrons. The zero-order valence-electron chi connectivity index (χ0n) is 17.8. The minimum atomic E-state index is -2.05. The van der Waals surface area contributed by atoms with Crippen molar-refractivity contribution >= 4 is 29.6 Å². The van der Waals surface area contributed by atoms with E-state index in [1.807, 2.05) is 0 Å². The molecule has 0 bridgehead atoms. The van der Waals surface area contributed by atoms with Gasteiger partial charge in [-0.1, -0.05) is 30.9 Å². The number of ether oxygens (including phenoxy) is 4. The van der Waals surface area contributed by atoms with E-state index in [2.05, 4.69) is 6.58 Å². The maximum Gasteiger partial charge on any atom is 0.339 e. The number of nitrogens with two attached hydrogens (primary N) is 1. The SMILES string of the molecule is C=CCOC(=O)C1=C(C)OC(=O)C12C(C(=O)OC)=C(N)N(CC(=O)OC)c1ccccc12. The molecule has 32 heavy (non-hydrogen) atoms. The van der Waals surface area contributed by atoms with Gasteiger partial charge < -0.3 is 29.6 Å². The monoisotopic (exact) mass is 442 g/mol. The molecule has 2 aliphatic heterocycles. The van der Waals surface area contributed by atoms with Crippen molar-refractivity contribution in [3.8, 4) is 0 Å². The number of cyclic esters (lactones) is 1. The normalized spacial score (nSPS) is 19.5. The van der Waals surface area contributed by atoms with E-state index >= 15 is 0 Å². The molecule has 0 aromatic heterocycles. The Morgan fingerprint density at radius 2 is 1.84 bits per heavy atom. The number of carbonyl (C=O) groups excluding carboxylic acids is 4. The van der Waals surface area contributed by atoms with Crippen LogP contribution in [0.25, 0.3) is 0 Å². The van der Waals surface area contributed by atoms with Crippen LogP contribution in [0.2, 0.25) is 0 Å². The van der Waals surface area contributed by atoms with Crippen LogP contribution in [0.3, 0.4) is 0 Å². The quantitative estimate of drug-likeness (QED) is 0.383. The number of allylic oxidation sites excluding steroid dienone is 1. The van der Waals surface area contributed by atoms with Gasteiger partial charge in [-0.3, -0.25) is 4.79 Å². The third-order valence-corrected chi connectivity index (χ3v) is 5.24. The number of esters is 4. The molecule has 3 rings (SSSR count). The molecule has 1 aromatic rings. The first-order valence-electron chi connectivity index (χ1n) is 9.49. The first kappa shape index (κ1) is 22.6. The van der Waals surface area contributed by atoms with Gasteiger partial charge in [0, 0.05) is 11.3 Å². The number of anilines is 1. The van der Waals surface area contributed by atoms with Gasteiger partial charge in [0.1, 0.15) is 35.9 Å².